The van der Waals surface area contributed by atoms with Crippen LogP contribution in [0.15, 0.2) is 17.6 Å². The fraction of sp³-hybridized carbons (Fsp3) is 0.200. The number of hydrogen-bond donors (Lipinski definition) is 1. The van der Waals surface area contributed by atoms with Crippen molar-refractivity contribution in [2.75, 3.05) is 12.4 Å². The first kappa shape index (κ1) is 9.15. The zero-order valence-corrected chi connectivity index (χ0v) is 8.81. The molecular formula is C10H10N2OS. The van der Waals surface area contributed by atoms with Crippen LogP contribution in [0.5, 0.6) is 0 Å². The van der Waals surface area contributed by atoms with Crippen molar-refractivity contribution in [1.82, 2.24) is 4.98 Å². The number of fused-ring (bicyclic) bond motifs is 1. The Hall–Kier alpha value is -1.42. The summed E-state index contributed by atoms with van der Waals surface area (Å²) in [6, 6.07) is 1.95. The predicted octanol–water partition coefficient (Wildman–Crippen LogP) is 2.54. The molecule has 14 heavy (non-hydrogen) atoms. The second-order valence-electron chi connectivity index (χ2n) is 2.99. The van der Waals surface area contributed by atoms with E-state index in [0.717, 1.165) is 15.9 Å². The van der Waals surface area contributed by atoms with Crippen LogP contribution < -0.4 is 5.32 Å². The number of nitrogens with zero attached hydrogens (tertiary/aromatic N) is 1. The van der Waals surface area contributed by atoms with Gasteiger partial charge in [-0.1, -0.05) is 0 Å². The van der Waals surface area contributed by atoms with Crippen LogP contribution in [-0.4, -0.2) is 17.8 Å². The Balaban J connectivity index is 2.78. The molecule has 2 aromatic heterocycles. The van der Waals surface area contributed by atoms with Crippen LogP contribution in [0.2, 0.25) is 0 Å². The number of anilines is 1. The maximum atomic E-state index is 11.3. The Morgan fingerprint density at radius 2 is 2.36 bits per heavy atom. The highest BCUT2D eigenvalue weighted by atomic mass is 32.1. The molecule has 0 aliphatic carbocycles. The third-order valence-electron chi connectivity index (χ3n) is 2.10. The first-order valence-electron chi connectivity index (χ1n) is 4.29. The minimum Gasteiger partial charge on any atom is -0.386 e. The molecule has 4 heteroatoms. The Labute approximate surface area is 85.8 Å². The second-order valence-corrected chi connectivity index (χ2v) is 3.90. The van der Waals surface area contributed by atoms with Crippen molar-refractivity contribution >= 4 is 33.0 Å². The maximum Gasteiger partial charge on any atom is 0.163 e. The number of pyridine rings is 1. The first-order chi connectivity index (χ1) is 6.74. The standard InChI is InChI=1S/C10H10N2OS/c1-6(13)7-5-12-8-3-4-14-10(8)9(7)11-2/h3-5H,1-2H3,(H,11,12). The van der Waals surface area contributed by atoms with Crippen LogP contribution >= 0.6 is 11.3 Å². The van der Waals surface area contributed by atoms with Gasteiger partial charge >= 0.3 is 0 Å². The van der Waals surface area contributed by atoms with Crippen molar-refractivity contribution < 1.29 is 4.79 Å². The number of hydrogen-bond acceptors (Lipinski definition) is 4. The highest BCUT2D eigenvalue weighted by Gasteiger charge is 2.11. The molecule has 0 aliphatic rings. The van der Waals surface area contributed by atoms with Gasteiger partial charge in [0, 0.05) is 13.2 Å². The van der Waals surface area contributed by atoms with Gasteiger partial charge in [-0.15, -0.1) is 11.3 Å². The fourth-order valence-electron chi connectivity index (χ4n) is 1.43. The van der Waals surface area contributed by atoms with E-state index in [2.05, 4.69) is 10.3 Å². The van der Waals surface area contributed by atoms with Gasteiger partial charge in [-0.3, -0.25) is 9.78 Å². The minimum absolute atomic E-state index is 0.0390. The third-order valence-corrected chi connectivity index (χ3v) is 3.02. The van der Waals surface area contributed by atoms with E-state index in [9.17, 15) is 4.79 Å². The topological polar surface area (TPSA) is 42.0 Å². The van der Waals surface area contributed by atoms with E-state index in [0.29, 0.717) is 5.56 Å². The van der Waals surface area contributed by atoms with Gasteiger partial charge in [0.1, 0.15) is 0 Å². The average Bonchev–Trinajstić information content (AvgIpc) is 2.63. The summed E-state index contributed by atoms with van der Waals surface area (Å²) in [6.45, 7) is 1.55. The number of thiophene rings is 1. The Bertz CT molecular complexity index is 490. The molecular weight excluding hydrogens is 196 g/mol. The molecule has 2 rings (SSSR count). The molecule has 1 N–H and O–H groups in total. The third kappa shape index (κ3) is 1.28. The van der Waals surface area contributed by atoms with Crippen LogP contribution in [0.3, 0.4) is 0 Å². The summed E-state index contributed by atoms with van der Waals surface area (Å²) < 4.78 is 1.04. The van der Waals surface area contributed by atoms with Crippen molar-refractivity contribution in [2.45, 2.75) is 6.92 Å². The number of Topliss-reactive ketones (excluding diaryl/α,β-unsaturated/α-hetero) is 1. The van der Waals surface area contributed by atoms with Gasteiger partial charge in [0.05, 0.1) is 21.5 Å². The Morgan fingerprint density at radius 1 is 1.57 bits per heavy atom. The van der Waals surface area contributed by atoms with E-state index < -0.39 is 0 Å². The van der Waals surface area contributed by atoms with Crippen molar-refractivity contribution in [3.05, 3.63) is 23.2 Å². The lowest BCUT2D eigenvalue weighted by atomic mass is 10.1. The van der Waals surface area contributed by atoms with E-state index in [4.69, 9.17) is 0 Å². The van der Waals surface area contributed by atoms with Crippen LogP contribution in [0.4, 0.5) is 5.69 Å². The van der Waals surface area contributed by atoms with Crippen molar-refractivity contribution in [2.24, 2.45) is 0 Å². The minimum atomic E-state index is 0.0390. The van der Waals surface area contributed by atoms with E-state index in [1.165, 1.54) is 0 Å². The lowest BCUT2D eigenvalue weighted by Gasteiger charge is -2.06. The molecule has 0 saturated heterocycles. The molecule has 0 bridgehead atoms. The molecule has 0 saturated carbocycles. The van der Waals surface area contributed by atoms with Gasteiger partial charge in [0.2, 0.25) is 0 Å². The van der Waals surface area contributed by atoms with Gasteiger partial charge in [-0.05, 0) is 18.4 Å². The maximum absolute atomic E-state index is 11.3. The van der Waals surface area contributed by atoms with Gasteiger partial charge in [0.15, 0.2) is 5.78 Å². The van der Waals surface area contributed by atoms with Gasteiger partial charge in [-0.25, -0.2) is 0 Å². The average molecular weight is 206 g/mol. The summed E-state index contributed by atoms with van der Waals surface area (Å²) in [7, 11) is 1.82. The molecule has 2 heterocycles. The molecule has 2 aromatic rings. The molecule has 0 amide bonds. The van der Waals surface area contributed by atoms with Crippen LogP contribution in [0, 0.1) is 0 Å². The molecule has 0 atom stereocenters. The van der Waals surface area contributed by atoms with Crippen molar-refractivity contribution in [3.63, 3.8) is 0 Å². The molecule has 0 fully saturated rings. The molecule has 72 valence electrons. The second kappa shape index (κ2) is 3.38. The quantitative estimate of drug-likeness (QED) is 0.768. The lowest BCUT2D eigenvalue weighted by molar-refractivity contribution is 0.101. The number of nitrogens with one attached hydrogen (secondary N) is 1. The van der Waals surface area contributed by atoms with Crippen LogP contribution in [-0.2, 0) is 0 Å². The van der Waals surface area contributed by atoms with Gasteiger partial charge < -0.3 is 5.32 Å². The van der Waals surface area contributed by atoms with Crippen molar-refractivity contribution in [3.8, 4) is 0 Å². The van der Waals surface area contributed by atoms with Crippen molar-refractivity contribution in [1.29, 1.82) is 0 Å². The van der Waals surface area contributed by atoms with E-state index in [1.54, 1.807) is 24.5 Å². The van der Waals surface area contributed by atoms with Gasteiger partial charge in [0.25, 0.3) is 0 Å². The summed E-state index contributed by atoms with van der Waals surface area (Å²) in [6.07, 6.45) is 1.63. The molecule has 3 nitrogen and oxygen atoms in total. The van der Waals surface area contributed by atoms with E-state index in [1.807, 2.05) is 18.5 Å². The fourth-order valence-corrected chi connectivity index (χ4v) is 2.33. The number of carbonyl (C=O) groups excluding carboxylic acids is 1. The number of rotatable bonds is 2. The lowest BCUT2D eigenvalue weighted by Crippen LogP contribution is -2.01. The molecule has 0 unspecified atom stereocenters. The highest BCUT2D eigenvalue weighted by Crippen LogP contribution is 2.30. The largest absolute Gasteiger partial charge is 0.386 e. The molecule has 0 aliphatic heterocycles. The summed E-state index contributed by atoms with van der Waals surface area (Å²) in [5.74, 6) is 0.0390. The summed E-state index contributed by atoms with van der Waals surface area (Å²) in [5, 5.41) is 5.03. The van der Waals surface area contributed by atoms with Gasteiger partial charge in [-0.2, -0.15) is 0 Å². The van der Waals surface area contributed by atoms with Crippen LogP contribution in [0.25, 0.3) is 10.2 Å². The summed E-state index contributed by atoms with van der Waals surface area (Å²) in [5.41, 5.74) is 2.48. The molecule has 0 radical (unpaired) electrons. The zero-order valence-electron chi connectivity index (χ0n) is 8.00. The number of aromatic nitrogens is 1. The predicted molar refractivity (Wildman–Crippen MR) is 59.2 cm³/mol. The Kier molecular flexibility index (Phi) is 2.21. The van der Waals surface area contributed by atoms with E-state index >= 15 is 0 Å². The Morgan fingerprint density at radius 3 is 3.00 bits per heavy atom. The molecule has 0 spiro atoms. The molecule has 0 aromatic carbocycles. The zero-order chi connectivity index (χ0) is 10.1. The normalized spacial score (nSPS) is 10.4. The number of ketones is 1. The first-order valence-corrected chi connectivity index (χ1v) is 5.17. The summed E-state index contributed by atoms with van der Waals surface area (Å²) in [4.78, 5) is 15.5. The van der Waals surface area contributed by atoms with E-state index in [-0.39, 0.29) is 5.78 Å². The SMILES string of the molecule is CNc1c(C(C)=O)cnc2ccsc12. The number of carbonyl (C=O) groups is 1. The smallest absolute Gasteiger partial charge is 0.163 e. The highest BCUT2D eigenvalue weighted by molar-refractivity contribution is 7.17. The monoisotopic (exact) mass is 206 g/mol. The summed E-state index contributed by atoms with van der Waals surface area (Å²) >= 11 is 1.59. The van der Waals surface area contributed by atoms with Crippen LogP contribution in [0.1, 0.15) is 17.3 Å².